The largest absolute Gasteiger partial charge is 0.494 e. The highest BCUT2D eigenvalue weighted by atomic mass is 79.9. The van der Waals surface area contributed by atoms with Crippen molar-refractivity contribution in [1.82, 2.24) is 59.0 Å². The fourth-order valence-corrected chi connectivity index (χ4v) is 23.2. The molecule has 1 amide bonds. The zero-order valence-electron chi connectivity index (χ0n) is 79.9. The number of hydrogen-bond acceptors (Lipinski definition) is 33. The summed E-state index contributed by atoms with van der Waals surface area (Å²) in [5, 5.41) is 11.6. The van der Waals surface area contributed by atoms with Gasteiger partial charge < -0.3 is 47.0 Å². The molecule has 14 aromatic rings. The van der Waals surface area contributed by atoms with Crippen molar-refractivity contribution in [2.75, 3.05) is 60.8 Å². The summed E-state index contributed by atoms with van der Waals surface area (Å²) in [6, 6.07) is 22.6. The Hall–Kier alpha value is -8.66. The quantitative estimate of drug-likeness (QED) is 0.0275. The first-order valence-corrected chi connectivity index (χ1v) is 57.6. The van der Waals surface area contributed by atoms with Gasteiger partial charge in [0.15, 0.2) is 62.3 Å². The molecule has 49 heteroatoms. The Kier molecular flexibility index (Phi) is 38.8. The SMILES string of the molecule is CC1(C)OB(c2ccc(N)c(S(C)(=O)=O)c2)OC1(C)C.Cc1cnc(C)s1.Cc1nc(-c2ccc(N)c(S(C)(=O)=O)c2)c(C)s1.Cc1nc(-c2ccc(N)c(S(C)(=O)=O)c2)c(C)s1.Cc1nc(-c2ccc(Nc3cc(Cl)nc4c3nc(C(F)F)n4C3CCCCO3)c(S(C)(=O)=O)c2)c(C)s1.Cc1nc(Br)c(C)s1.Cc1nccs1.FC(F)c1nc2c(Cl)cc(Cl)nc2n1C1CCCCO1.NC(=O)C1CC1. The van der Waals surface area contributed by atoms with Crippen LogP contribution in [0.4, 0.5) is 46.0 Å². The van der Waals surface area contributed by atoms with Gasteiger partial charge in [0.2, 0.25) is 5.91 Å². The first-order chi connectivity index (χ1) is 65.3. The molecule has 3 saturated heterocycles. The number of primary amides is 1. The van der Waals surface area contributed by atoms with Gasteiger partial charge in [-0.25, -0.2) is 96.1 Å². The van der Waals surface area contributed by atoms with E-state index in [4.69, 9.17) is 76.5 Å². The van der Waals surface area contributed by atoms with Crippen molar-refractivity contribution >= 4 is 227 Å². The number of aryl methyl sites for hydroxylation is 11. The second kappa shape index (κ2) is 47.9. The lowest BCUT2D eigenvalue weighted by atomic mass is 9.79. The van der Waals surface area contributed by atoms with Crippen LogP contribution in [0, 0.1) is 82.1 Å². The molecule has 754 valence electrons. The third-order valence-corrected chi connectivity index (χ3v) is 33.0. The van der Waals surface area contributed by atoms with Crippen LogP contribution in [0.2, 0.25) is 15.3 Å². The molecule has 10 aromatic heterocycles. The van der Waals surface area contributed by atoms with Gasteiger partial charge in [-0.3, -0.25) is 18.9 Å². The van der Waals surface area contributed by atoms with Crippen molar-refractivity contribution in [3.63, 3.8) is 0 Å². The van der Waals surface area contributed by atoms with E-state index in [0.717, 1.165) is 135 Å². The predicted molar refractivity (Wildman–Crippen MR) is 560 cm³/mol. The van der Waals surface area contributed by atoms with Crippen LogP contribution in [0.3, 0.4) is 0 Å². The molecule has 13 heterocycles. The average Bonchev–Trinajstić information content (AvgIpc) is 1.60. The van der Waals surface area contributed by atoms with Gasteiger partial charge >= 0.3 is 7.12 Å². The van der Waals surface area contributed by atoms with Crippen molar-refractivity contribution in [3.05, 3.63) is 189 Å². The topological polar surface area (TPSA) is 445 Å². The molecule has 1 aliphatic carbocycles. The van der Waals surface area contributed by atoms with E-state index >= 15 is 0 Å². The Morgan fingerprint density at radius 3 is 1.21 bits per heavy atom. The maximum absolute atomic E-state index is 14.0. The lowest BCUT2D eigenvalue weighted by Crippen LogP contribution is -2.41. The number of rotatable bonds is 15. The molecule has 140 heavy (non-hydrogen) atoms. The molecule has 0 radical (unpaired) electrons. The van der Waals surface area contributed by atoms with E-state index in [1.54, 1.807) is 130 Å². The molecule has 0 bridgehead atoms. The zero-order valence-corrected chi connectivity index (χ0v) is 92.0. The smallest absolute Gasteiger partial charge is 0.399 e. The second-order valence-electron chi connectivity index (χ2n) is 33.7. The standard InChI is InChI=1S/C24H24ClF2N5O3S2.C13H20BNO4S.C12H11Cl2F2N3O.2C12H14N2O2S2.C5H6BrNS.C5H7NS.C4H7NO.C4H5NS/c1-12-20(28-13(2)36-12)14-7-8-15(17(10-14)37(3,33)34)29-16-11-18(25)30-23-21(16)31-24(22(26)27)32(23)19-6-4-5-9-35-19;1-12(2)13(3,4)19-14(18-12)9-6-7-10(15)11(8-9)20(5,16)17;13-6-5-7(14)17-11-9(6)18-12(10(15)16)19(11)8-3-1-2-4-20-8;2*1-7-12(14-8(2)17-7)9-4-5-10(13)11(6-9)18(3,15)16;1-3-5(6)7-4(2)8-3;1-4-3-6-5(2)7-4;5-4(6)3-1-2-3;1-4-5-2-3-6-4/h7-8,10-11,19,22H,4-6,9H2,1-3H3,(H,29,30);6-8H,15H2,1-5H3;5,8,10H,1-4H2;2*4-6H,13H2,1-3H3;1-2H3;3H,1-2H3;3H,1-2H2,(H2,5,6);2-3H,1H3. The molecule has 4 fully saturated rings. The van der Waals surface area contributed by atoms with Crippen molar-refractivity contribution < 1.29 is 74.8 Å². The van der Waals surface area contributed by atoms with Crippen LogP contribution in [0.5, 0.6) is 0 Å². The Balaban J connectivity index is 0.000000172. The summed E-state index contributed by atoms with van der Waals surface area (Å²) < 4.78 is 177. The van der Waals surface area contributed by atoms with Gasteiger partial charge in [0, 0.05) is 109 Å². The Morgan fingerprint density at radius 1 is 0.486 bits per heavy atom. The highest BCUT2D eigenvalue weighted by molar-refractivity contribution is 9.10. The van der Waals surface area contributed by atoms with Gasteiger partial charge in [-0.2, -0.15) is 0 Å². The van der Waals surface area contributed by atoms with Gasteiger partial charge in [-0.15, -0.1) is 68.0 Å². The normalized spacial score (nSPS) is 15.6. The predicted octanol–water partition coefficient (Wildman–Crippen LogP) is 22.4. The van der Waals surface area contributed by atoms with E-state index < -0.39 is 88.8 Å². The molecular weight excluding hydrogens is 2130 g/mol. The number of pyridine rings is 2. The molecule has 1 saturated carbocycles. The minimum Gasteiger partial charge on any atom is -0.399 e. The fourth-order valence-electron chi connectivity index (χ4n) is 14.1. The molecule has 2 unspecified atom stereocenters. The summed E-state index contributed by atoms with van der Waals surface area (Å²) in [4.78, 5) is 58.0. The van der Waals surface area contributed by atoms with Crippen LogP contribution in [-0.4, -0.2) is 155 Å². The van der Waals surface area contributed by atoms with Gasteiger partial charge in [0.25, 0.3) is 12.9 Å². The van der Waals surface area contributed by atoms with E-state index in [1.165, 1.54) is 48.4 Å². The van der Waals surface area contributed by atoms with E-state index in [2.05, 4.69) is 84.9 Å². The number of hydrogen-bond donors (Lipinski definition) is 5. The Bertz CT molecular complexity index is 7080. The van der Waals surface area contributed by atoms with E-state index in [-0.39, 0.29) is 103 Å². The number of alkyl halides is 4. The monoisotopic (exact) mass is 2240 g/mol. The van der Waals surface area contributed by atoms with Crippen LogP contribution < -0.4 is 33.7 Å². The van der Waals surface area contributed by atoms with E-state index in [1.807, 2.05) is 102 Å². The summed E-state index contributed by atoms with van der Waals surface area (Å²) in [5.41, 5.74) is 28.3. The van der Waals surface area contributed by atoms with E-state index in [9.17, 15) is 56.0 Å². The van der Waals surface area contributed by atoms with Crippen LogP contribution in [-0.2, 0) is 62.9 Å². The van der Waals surface area contributed by atoms with Crippen LogP contribution in [0.25, 0.3) is 56.1 Å². The first kappa shape index (κ1) is 113. The summed E-state index contributed by atoms with van der Waals surface area (Å²) in [7, 11) is -14.3. The number of imidazole rings is 2. The number of nitrogens with one attached hydrogen (secondary N) is 1. The van der Waals surface area contributed by atoms with Crippen molar-refractivity contribution in [2.45, 2.75) is 211 Å². The molecule has 18 rings (SSSR count). The number of fused-ring (bicyclic) bond motifs is 2. The summed E-state index contributed by atoms with van der Waals surface area (Å²) >= 11 is 31.3. The van der Waals surface area contributed by atoms with Crippen LogP contribution >= 0.6 is 119 Å². The number of sulfone groups is 4. The fraction of sp³-hybridized carbons (Fsp3) is 0.396. The average molecular weight is 2240 g/mol. The van der Waals surface area contributed by atoms with Gasteiger partial charge in [0.05, 0.1) is 111 Å². The summed E-state index contributed by atoms with van der Waals surface area (Å²) in [5.74, 6) is -0.753. The number of aromatic nitrogens is 12. The van der Waals surface area contributed by atoms with Crippen LogP contribution in [0.15, 0.2) is 127 Å². The number of nitrogens with zero attached hydrogens (tertiary/aromatic N) is 12. The molecule has 2 atom stereocenters. The number of anilines is 5. The maximum atomic E-state index is 14.0. The molecule has 9 N–H and O–H groups in total. The Labute approximate surface area is 859 Å². The van der Waals surface area contributed by atoms with Crippen molar-refractivity contribution in [3.8, 4) is 33.8 Å². The van der Waals surface area contributed by atoms with Crippen LogP contribution in [0.1, 0.15) is 170 Å². The van der Waals surface area contributed by atoms with Gasteiger partial charge in [0.1, 0.15) is 38.4 Å². The number of carbonyl (C=O) groups is 1. The minimum absolute atomic E-state index is 0.0280. The third-order valence-electron chi connectivity index (χ3n) is 21.6. The third kappa shape index (κ3) is 30.3. The zero-order chi connectivity index (χ0) is 103. The number of thiazole rings is 6. The van der Waals surface area contributed by atoms with Gasteiger partial charge in [-0.1, -0.05) is 59.1 Å². The number of halogens is 8. The number of ether oxygens (including phenoxy) is 2. The lowest BCUT2D eigenvalue weighted by molar-refractivity contribution is -0.119. The second-order valence-corrected chi connectivity index (χ2v) is 51.7. The minimum atomic E-state index is -3.69. The number of nitrogen functional groups attached to an aromatic ring is 3. The first-order valence-electron chi connectivity index (χ1n) is 43.1. The summed E-state index contributed by atoms with van der Waals surface area (Å²) in [6.07, 6.45) is 8.20. The number of carbonyl (C=O) groups excluding carboxylic acids is 1. The molecule has 4 aromatic carbocycles. The lowest BCUT2D eigenvalue weighted by Gasteiger charge is -2.32. The molecular formula is C91H108BBrCl3F4N17O13S10. The summed E-state index contributed by atoms with van der Waals surface area (Å²) in [6.45, 7) is 30.5. The Morgan fingerprint density at radius 2 is 0.893 bits per heavy atom. The number of benzene rings is 4. The number of nitrogens with two attached hydrogens (primary N) is 4. The molecule has 4 aliphatic rings. The van der Waals surface area contributed by atoms with E-state index in [0.29, 0.717) is 42.8 Å². The van der Waals surface area contributed by atoms with Crippen molar-refractivity contribution in [2.24, 2.45) is 11.7 Å². The highest BCUT2D eigenvalue weighted by Gasteiger charge is 2.52. The molecule has 3 aliphatic heterocycles. The molecule has 30 nitrogen and oxygen atoms in total. The molecule has 0 spiro atoms. The van der Waals surface area contributed by atoms with Gasteiger partial charge in [-0.05, 0) is 231 Å². The number of amides is 1. The maximum Gasteiger partial charge on any atom is 0.494 e. The van der Waals surface area contributed by atoms with Crippen molar-refractivity contribution in [1.29, 1.82) is 0 Å². The highest BCUT2D eigenvalue weighted by Crippen LogP contribution is 2.43.